The molecule has 3 aromatic carbocycles. The van der Waals surface area contributed by atoms with Crippen molar-refractivity contribution in [1.82, 2.24) is 9.80 Å². The average Bonchev–Trinajstić information content (AvgIpc) is 2.77. The molecular weight excluding hydrogens is 408 g/mol. The standard InChI is InChI=1S/C29H34N2O2/c1-22-9-6-7-12-26(22)25-14-16-29(33-18-17-30(2)3)27(20-25)28(32)15-13-23-10-8-11-24(19-23)21-31(4)5/h6-16,19-20H,17-18,21H2,1-5H3. The van der Waals surface area contributed by atoms with E-state index in [2.05, 4.69) is 41.0 Å². The number of hydrogen-bond donors (Lipinski definition) is 0. The summed E-state index contributed by atoms with van der Waals surface area (Å²) >= 11 is 0. The van der Waals surface area contributed by atoms with E-state index in [4.69, 9.17) is 4.74 Å². The molecule has 0 radical (unpaired) electrons. The first kappa shape index (κ1) is 24.4. The van der Waals surface area contributed by atoms with Crippen LogP contribution in [-0.4, -0.2) is 56.9 Å². The molecule has 4 nitrogen and oxygen atoms in total. The summed E-state index contributed by atoms with van der Waals surface area (Å²) < 4.78 is 6.00. The molecule has 172 valence electrons. The molecule has 3 aromatic rings. The number of rotatable bonds is 10. The maximum Gasteiger partial charge on any atom is 0.189 e. The van der Waals surface area contributed by atoms with Gasteiger partial charge in [0.25, 0.3) is 0 Å². The number of allylic oxidation sites excluding steroid dienone is 1. The summed E-state index contributed by atoms with van der Waals surface area (Å²) in [6, 6.07) is 22.3. The molecule has 0 aliphatic carbocycles. The normalized spacial score (nSPS) is 11.5. The number of aryl methyl sites for hydroxylation is 1. The number of carbonyl (C=O) groups is 1. The zero-order valence-corrected chi connectivity index (χ0v) is 20.3. The molecule has 0 spiro atoms. The van der Waals surface area contributed by atoms with Gasteiger partial charge in [0.15, 0.2) is 5.78 Å². The van der Waals surface area contributed by atoms with Crippen molar-refractivity contribution in [2.75, 3.05) is 41.3 Å². The molecule has 0 aliphatic rings. The van der Waals surface area contributed by atoms with Gasteiger partial charge >= 0.3 is 0 Å². The molecule has 0 amide bonds. The number of nitrogens with zero attached hydrogens (tertiary/aromatic N) is 2. The molecule has 0 saturated heterocycles. The highest BCUT2D eigenvalue weighted by atomic mass is 16.5. The van der Waals surface area contributed by atoms with Crippen LogP contribution in [0.5, 0.6) is 5.75 Å². The van der Waals surface area contributed by atoms with Crippen molar-refractivity contribution < 1.29 is 9.53 Å². The number of hydrogen-bond acceptors (Lipinski definition) is 4. The monoisotopic (exact) mass is 442 g/mol. The summed E-state index contributed by atoms with van der Waals surface area (Å²) in [5, 5.41) is 0. The van der Waals surface area contributed by atoms with Crippen molar-refractivity contribution in [1.29, 1.82) is 0 Å². The number of ether oxygens (including phenoxy) is 1. The van der Waals surface area contributed by atoms with E-state index in [0.29, 0.717) is 17.9 Å². The lowest BCUT2D eigenvalue weighted by molar-refractivity contribution is 0.104. The lowest BCUT2D eigenvalue weighted by Crippen LogP contribution is -2.20. The second-order valence-corrected chi connectivity index (χ2v) is 8.86. The topological polar surface area (TPSA) is 32.8 Å². The lowest BCUT2D eigenvalue weighted by Gasteiger charge is -2.15. The highest BCUT2D eigenvalue weighted by Gasteiger charge is 2.13. The van der Waals surface area contributed by atoms with Crippen molar-refractivity contribution >= 4 is 11.9 Å². The minimum atomic E-state index is -0.0664. The van der Waals surface area contributed by atoms with E-state index in [-0.39, 0.29) is 5.78 Å². The number of likely N-dealkylation sites (N-methyl/N-ethyl adjacent to an activating group) is 1. The third kappa shape index (κ3) is 7.14. The van der Waals surface area contributed by atoms with E-state index in [1.165, 1.54) is 11.1 Å². The fourth-order valence-corrected chi connectivity index (χ4v) is 3.67. The second kappa shape index (κ2) is 11.6. The van der Waals surface area contributed by atoms with E-state index in [1.54, 1.807) is 6.08 Å². The molecule has 0 unspecified atom stereocenters. The minimum absolute atomic E-state index is 0.0664. The van der Waals surface area contributed by atoms with E-state index < -0.39 is 0 Å². The van der Waals surface area contributed by atoms with Crippen molar-refractivity contribution in [2.24, 2.45) is 0 Å². The molecule has 33 heavy (non-hydrogen) atoms. The Morgan fingerprint density at radius 2 is 1.70 bits per heavy atom. The minimum Gasteiger partial charge on any atom is -0.491 e. The third-order valence-corrected chi connectivity index (χ3v) is 5.37. The van der Waals surface area contributed by atoms with Gasteiger partial charge in [-0.1, -0.05) is 60.7 Å². The van der Waals surface area contributed by atoms with Crippen LogP contribution < -0.4 is 4.74 Å². The lowest BCUT2D eigenvalue weighted by atomic mass is 9.97. The largest absolute Gasteiger partial charge is 0.491 e. The molecule has 0 aromatic heterocycles. The van der Waals surface area contributed by atoms with Crippen molar-refractivity contribution in [3.63, 3.8) is 0 Å². The van der Waals surface area contributed by atoms with E-state index in [9.17, 15) is 4.79 Å². The average molecular weight is 443 g/mol. The van der Waals surface area contributed by atoms with Gasteiger partial charge in [0.05, 0.1) is 5.56 Å². The van der Waals surface area contributed by atoms with Gasteiger partial charge in [0, 0.05) is 13.1 Å². The fourth-order valence-electron chi connectivity index (χ4n) is 3.67. The molecule has 0 heterocycles. The van der Waals surface area contributed by atoms with Gasteiger partial charge in [0.1, 0.15) is 12.4 Å². The van der Waals surface area contributed by atoms with Gasteiger partial charge in [-0.25, -0.2) is 0 Å². The molecule has 0 aliphatic heterocycles. The zero-order valence-electron chi connectivity index (χ0n) is 20.3. The van der Waals surface area contributed by atoms with Crippen molar-refractivity contribution in [2.45, 2.75) is 13.5 Å². The summed E-state index contributed by atoms with van der Waals surface area (Å²) in [4.78, 5) is 17.5. The predicted octanol–water partition coefficient (Wildman–Crippen LogP) is 5.56. The maximum atomic E-state index is 13.3. The molecular formula is C29H34N2O2. The van der Waals surface area contributed by atoms with E-state index in [1.807, 2.05) is 76.7 Å². The Kier molecular flexibility index (Phi) is 8.58. The summed E-state index contributed by atoms with van der Waals surface area (Å²) in [5.74, 6) is 0.550. The Bertz CT molecular complexity index is 1120. The molecule has 0 saturated carbocycles. The summed E-state index contributed by atoms with van der Waals surface area (Å²) in [6.07, 6.45) is 3.52. The third-order valence-electron chi connectivity index (χ3n) is 5.37. The van der Waals surface area contributed by atoms with E-state index in [0.717, 1.165) is 29.8 Å². The Balaban J connectivity index is 1.90. The number of benzene rings is 3. The van der Waals surface area contributed by atoms with Crippen LogP contribution in [0.1, 0.15) is 27.0 Å². The van der Waals surface area contributed by atoms with Crippen LogP contribution in [0.15, 0.2) is 72.8 Å². The summed E-state index contributed by atoms with van der Waals surface area (Å²) in [6.45, 7) is 4.24. The molecule has 0 fully saturated rings. The van der Waals surface area contributed by atoms with Gasteiger partial charge in [0.2, 0.25) is 0 Å². The molecule has 0 atom stereocenters. The van der Waals surface area contributed by atoms with Crippen LogP contribution in [0, 0.1) is 6.92 Å². The smallest absolute Gasteiger partial charge is 0.189 e. The first-order valence-electron chi connectivity index (χ1n) is 11.3. The van der Waals surface area contributed by atoms with Crippen LogP contribution in [0.25, 0.3) is 17.2 Å². The highest BCUT2D eigenvalue weighted by molar-refractivity contribution is 6.09. The zero-order chi connectivity index (χ0) is 23.8. The van der Waals surface area contributed by atoms with Crippen LogP contribution in [-0.2, 0) is 6.54 Å². The van der Waals surface area contributed by atoms with Gasteiger partial charge in [-0.2, -0.15) is 0 Å². The summed E-state index contributed by atoms with van der Waals surface area (Å²) in [7, 11) is 8.10. The Hall–Kier alpha value is -3.21. The first-order valence-corrected chi connectivity index (χ1v) is 11.3. The molecule has 4 heteroatoms. The van der Waals surface area contributed by atoms with Gasteiger partial charge in [-0.3, -0.25) is 4.79 Å². The van der Waals surface area contributed by atoms with Crippen molar-refractivity contribution in [3.8, 4) is 16.9 Å². The van der Waals surface area contributed by atoms with E-state index >= 15 is 0 Å². The quantitative estimate of drug-likeness (QED) is 0.304. The van der Waals surface area contributed by atoms with Gasteiger partial charge in [-0.15, -0.1) is 0 Å². The number of carbonyl (C=O) groups excluding carboxylic acids is 1. The molecule has 3 rings (SSSR count). The SMILES string of the molecule is Cc1ccccc1-c1ccc(OCCN(C)C)c(C(=O)C=Cc2cccc(CN(C)C)c2)c1. The fraction of sp³-hybridized carbons (Fsp3) is 0.276. The second-order valence-electron chi connectivity index (χ2n) is 8.86. The van der Waals surface area contributed by atoms with Crippen LogP contribution in [0.3, 0.4) is 0 Å². The molecule has 0 N–H and O–H groups in total. The van der Waals surface area contributed by atoms with Gasteiger partial charge in [-0.05, 0) is 81.1 Å². The Morgan fingerprint density at radius 1 is 0.909 bits per heavy atom. The van der Waals surface area contributed by atoms with Crippen LogP contribution in [0.4, 0.5) is 0 Å². The molecule has 0 bridgehead atoms. The maximum absolute atomic E-state index is 13.3. The van der Waals surface area contributed by atoms with Crippen LogP contribution >= 0.6 is 0 Å². The van der Waals surface area contributed by atoms with Crippen LogP contribution in [0.2, 0.25) is 0 Å². The Labute approximate surface area is 198 Å². The summed E-state index contributed by atoms with van der Waals surface area (Å²) in [5.41, 5.74) is 6.10. The van der Waals surface area contributed by atoms with Gasteiger partial charge < -0.3 is 14.5 Å². The number of ketones is 1. The highest BCUT2D eigenvalue weighted by Crippen LogP contribution is 2.29. The Morgan fingerprint density at radius 3 is 2.42 bits per heavy atom. The predicted molar refractivity (Wildman–Crippen MR) is 138 cm³/mol. The van der Waals surface area contributed by atoms with Crippen molar-refractivity contribution in [3.05, 3.63) is 95.1 Å². The first-order chi connectivity index (χ1) is 15.8.